The molecule has 0 bridgehead atoms. The van der Waals surface area contributed by atoms with Crippen LogP contribution in [0.4, 0.5) is 5.13 Å². The van der Waals surface area contributed by atoms with Gasteiger partial charge in [-0.3, -0.25) is 4.90 Å². The predicted octanol–water partition coefficient (Wildman–Crippen LogP) is 4.41. The molecule has 4 N–H and O–H groups in total. The molecule has 2 aromatic carbocycles. The number of oxime groups is 1. The largest absolute Gasteiger partial charge is 0.494 e. The third-order valence-corrected chi connectivity index (χ3v) is 7.15. The summed E-state index contributed by atoms with van der Waals surface area (Å²) in [5.74, 6) is 1.71. The Morgan fingerprint density at radius 2 is 1.65 bits per heavy atom. The zero-order valence-corrected chi connectivity index (χ0v) is 22.0. The van der Waals surface area contributed by atoms with Crippen molar-refractivity contribution in [3.8, 4) is 22.8 Å². The molecule has 1 saturated heterocycles. The lowest BCUT2D eigenvalue weighted by Gasteiger charge is -2.26. The summed E-state index contributed by atoms with van der Waals surface area (Å²) in [5, 5.41) is 15.8. The summed E-state index contributed by atoms with van der Waals surface area (Å²) in [5.41, 5.74) is 8.36. The minimum absolute atomic E-state index is 0.0841. The summed E-state index contributed by atoms with van der Waals surface area (Å²) in [6, 6.07) is 15.4. The van der Waals surface area contributed by atoms with Crippen LogP contribution in [0.1, 0.15) is 29.7 Å². The molecule has 0 unspecified atom stereocenters. The topological polar surface area (TPSA) is 114 Å². The molecule has 1 aliphatic rings. The second kappa shape index (κ2) is 13.8. The van der Waals surface area contributed by atoms with Crippen LogP contribution in [0.5, 0.6) is 11.5 Å². The van der Waals surface area contributed by atoms with E-state index < -0.39 is 0 Å². The van der Waals surface area contributed by atoms with E-state index in [1.54, 1.807) is 23.5 Å². The number of aromatic nitrogens is 1. The number of hydrogen-bond donors (Lipinski definition) is 3. The lowest BCUT2D eigenvalue weighted by Crippen LogP contribution is -2.35. The zero-order valence-electron chi connectivity index (χ0n) is 21.2. The molecular weight excluding hydrogens is 490 g/mol. The molecular formula is C27H35N5O4S. The number of unbranched alkanes of at least 4 members (excludes halogenated alkanes) is 2. The van der Waals surface area contributed by atoms with Crippen molar-refractivity contribution in [3.63, 3.8) is 0 Å². The van der Waals surface area contributed by atoms with Crippen LogP contribution in [0, 0.1) is 0 Å². The highest BCUT2D eigenvalue weighted by Gasteiger charge is 2.18. The fraction of sp³-hybridized carbons (Fsp3) is 0.407. The summed E-state index contributed by atoms with van der Waals surface area (Å²) in [6.45, 7) is 5.67. The van der Waals surface area contributed by atoms with E-state index in [9.17, 15) is 0 Å². The van der Waals surface area contributed by atoms with Crippen LogP contribution >= 0.6 is 11.3 Å². The zero-order chi connectivity index (χ0) is 25.9. The number of ether oxygens (including phenoxy) is 3. The second-order valence-electron chi connectivity index (χ2n) is 8.72. The van der Waals surface area contributed by atoms with Gasteiger partial charge >= 0.3 is 0 Å². The number of benzene rings is 2. The normalized spacial score (nSPS) is 14.5. The molecule has 37 heavy (non-hydrogen) atoms. The minimum Gasteiger partial charge on any atom is -0.494 e. The van der Waals surface area contributed by atoms with Gasteiger partial charge in [0.1, 0.15) is 11.5 Å². The number of thiazole rings is 1. The van der Waals surface area contributed by atoms with Gasteiger partial charge in [-0.25, -0.2) is 4.98 Å². The summed E-state index contributed by atoms with van der Waals surface area (Å²) >= 11 is 1.71. The molecule has 4 rings (SSSR count). The summed E-state index contributed by atoms with van der Waals surface area (Å²) in [7, 11) is 1.91. The number of nitrogens with zero attached hydrogens (tertiary/aromatic N) is 3. The number of hydrogen-bond acceptors (Lipinski definition) is 9. The Balaban J connectivity index is 1.18. The molecule has 1 aromatic heterocycles. The van der Waals surface area contributed by atoms with Gasteiger partial charge in [-0.1, -0.05) is 5.16 Å². The smallest absolute Gasteiger partial charge is 0.183 e. The molecule has 2 heterocycles. The van der Waals surface area contributed by atoms with Crippen molar-refractivity contribution >= 4 is 22.3 Å². The summed E-state index contributed by atoms with van der Waals surface area (Å²) in [4.78, 5) is 8.50. The first kappa shape index (κ1) is 26.7. The first-order chi connectivity index (χ1) is 18.2. The maximum absolute atomic E-state index is 8.72. The van der Waals surface area contributed by atoms with E-state index in [0.29, 0.717) is 18.8 Å². The van der Waals surface area contributed by atoms with Crippen molar-refractivity contribution < 1.29 is 19.4 Å². The monoisotopic (exact) mass is 525 g/mol. The highest BCUT2D eigenvalue weighted by atomic mass is 32.1. The van der Waals surface area contributed by atoms with Gasteiger partial charge in [0.2, 0.25) is 0 Å². The molecule has 1 aliphatic heterocycles. The highest BCUT2D eigenvalue weighted by molar-refractivity contribution is 7.16. The molecule has 9 nitrogen and oxygen atoms in total. The number of rotatable bonds is 13. The Hall–Kier alpha value is -3.34. The number of nitrogens with two attached hydrogens (primary N) is 1. The Kier molecular flexibility index (Phi) is 9.98. The van der Waals surface area contributed by atoms with Crippen molar-refractivity contribution in [3.05, 3.63) is 59.0 Å². The third-order valence-electron chi connectivity index (χ3n) is 6.09. The van der Waals surface area contributed by atoms with Gasteiger partial charge in [-0.05, 0) is 67.8 Å². The number of morpholine rings is 1. The maximum atomic E-state index is 8.72. The minimum atomic E-state index is 0.0841. The maximum Gasteiger partial charge on any atom is 0.183 e. The third kappa shape index (κ3) is 7.82. The highest BCUT2D eigenvalue weighted by Crippen LogP contribution is 2.33. The van der Waals surface area contributed by atoms with Gasteiger partial charge in [-0.15, -0.1) is 11.3 Å². The fourth-order valence-corrected chi connectivity index (χ4v) is 4.98. The van der Waals surface area contributed by atoms with E-state index in [-0.39, 0.29) is 5.84 Å². The molecule has 0 atom stereocenters. The van der Waals surface area contributed by atoms with Crippen LogP contribution < -0.4 is 20.5 Å². The SMILES string of the molecule is CNc1nc(-c2ccc(OCCCCCOc3ccc(/C(N)=N\O)cc3)cc2)c(CN2CCOCC2)s1. The standard InChI is InChI=1S/C27H35N5O4S/c1-29-27-30-25(24(37-27)19-32-13-17-34-18-14-32)20-5-9-22(10-6-20)35-15-3-2-4-16-36-23-11-7-21(8-12-23)26(28)31-33/h5-12,33H,2-4,13-19H2,1H3,(H2,28,31)(H,29,30). The molecule has 0 radical (unpaired) electrons. The fourth-order valence-electron chi connectivity index (χ4n) is 4.00. The molecule has 0 saturated carbocycles. The molecule has 10 heteroatoms. The van der Waals surface area contributed by atoms with Gasteiger partial charge in [0, 0.05) is 42.7 Å². The number of anilines is 1. The summed E-state index contributed by atoms with van der Waals surface area (Å²) < 4.78 is 17.2. The van der Waals surface area contributed by atoms with Gasteiger partial charge in [-0.2, -0.15) is 0 Å². The van der Waals surface area contributed by atoms with Crippen molar-refractivity contribution in [1.82, 2.24) is 9.88 Å². The Bertz CT molecular complexity index is 1130. The van der Waals surface area contributed by atoms with Gasteiger partial charge in [0.05, 0.1) is 32.1 Å². The van der Waals surface area contributed by atoms with Gasteiger partial charge < -0.3 is 30.5 Å². The average Bonchev–Trinajstić information content (AvgIpc) is 3.36. The van der Waals surface area contributed by atoms with Gasteiger partial charge in [0.25, 0.3) is 0 Å². The van der Waals surface area contributed by atoms with Crippen molar-refractivity contribution in [2.75, 3.05) is 51.9 Å². The number of nitrogens with one attached hydrogen (secondary N) is 1. The van der Waals surface area contributed by atoms with Crippen molar-refractivity contribution in [2.45, 2.75) is 25.8 Å². The van der Waals surface area contributed by atoms with Crippen LogP contribution in [-0.4, -0.2) is 67.5 Å². The molecule has 1 fully saturated rings. The van der Waals surface area contributed by atoms with Crippen LogP contribution in [-0.2, 0) is 11.3 Å². The van der Waals surface area contributed by atoms with Crippen LogP contribution in [0.2, 0.25) is 0 Å². The first-order valence-electron chi connectivity index (χ1n) is 12.6. The van der Waals surface area contributed by atoms with E-state index in [1.807, 2.05) is 31.3 Å². The quantitative estimate of drug-likeness (QED) is 0.0989. The average molecular weight is 526 g/mol. The summed E-state index contributed by atoms with van der Waals surface area (Å²) in [6.07, 6.45) is 2.90. The first-order valence-corrected chi connectivity index (χ1v) is 13.4. The number of amidine groups is 1. The molecule has 0 spiro atoms. The van der Waals surface area contributed by atoms with E-state index >= 15 is 0 Å². The lowest BCUT2D eigenvalue weighted by molar-refractivity contribution is 0.0347. The van der Waals surface area contributed by atoms with E-state index in [4.69, 9.17) is 30.1 Å². The Morgan fingerprint density at radius 3 is 2.24 bits per heavy atom. The Labute approximate surface area is 221 Å². The van der Waals surface area contributed by atoms with Crippen molar-refractivity contribution in [1.29, 1.82) is 0 Å². The molecule has 0 aliphatic carbocycles. The van der Waals surface area contributed by atoms with E-state index in [2.05, 4.69) is 27.5 Å². The molecule has 3 aromatic rings. The van der Waals surface area contributed by atoms with E-state index in [0.717, 1.165) is 80.0 Å². The predicted molar refractivity (Wildman–Crippen MR) is 147 cm³/mol. The Morgan fingerprint density at radius 1 is 1.03 bits per heavy atom. The lowest BCUT2D eigenvalue weighted by atomic mass is 10.1. The molecule has 198 valence electrons. The van der Waals surface area contributed by atoms with Crippen LogP contribution in [0.3, 0.4) is 0 Å². The van der Waals surface area contributed by atoms with Crippen LogP contribution in [0.25, 0.3) is 11.3 Å². The molecule has 0 amide bonds. The van der Waals surface area contributed by atoms with Crippen LogP contribution in [0.15, 0.2) is 53.7 Å². The van der Waals surface area contributed by atoms with E-state index in [1.165, 1.54) is 4.88 Å². The van der Waals surface area contributed by atoms with Crippen molar-refractivity contribution in [2.24, 2.45) is 10.9 Å². The second-order valence-corrected chi connectivity index (χ2v) is 9.80. The van der Waals surface area contributed by atoms with Gasteiger partial charge in [0.15, 0.2) is 11.0 Å².